The van der Waals surface area contributed by atoms with Crippen LogP contribution in [0.2, 0.25) is 0 Å². The molecule has 0 unspecified atom stereocenters. The van der Waals surface area contributed by atoms with Gasteiger partial charge in [-0.3, -0.25) is 0 Å². The van der Waals surface area contributed by atoms with Gasteiger partial charge in [0.1, 0.15) is 0 Å². The van der Waals surface area contributed by atoms with Gasteiger partial charge in [-0.05, 0) is 35.9 Å². The van der Waals surface area contributed by atoms with Crippen molar-refractivity contribution in [3.63, 3.8) is 0 Å². The molecule has 0 aliphatic heterocycles. The Hall–Kier alpha value is -2.23. The first-order valence-electron chi connectivity index (χ1n) is 5.78. The Balaban J connectivity index is 2.02. The second-order valence-electron chi connectivity index (χ2n) is 4.34. The first kappa shape index (κ1) is 11.8. The Morgan fingerprint density at radius 3 is 2.21 bits per heavy atom. The number of hydrogen-bond acceptors (Lipinski definition) is 0. The summed E-state index contributed by atoms with van der Waals surface area (Å²) in [5.41, 5.74) is 2.06. The van der Waals surface area contributed by atoms with E-state index in [1.807, 2.05) is 41.1 Å². The van der Waals surface area contributed by atoms with Crippen LogP contribution in [0.1, 0.15) is 5.56 Å². The molecule has 3 rings (SSSR count). The summed E-state index contributed by atoms with van der Waals surface area (Å²) in [7, 11) is 0. The summed E-state index contributed by atoms with van der Waals surface area (Å²) in [4.78, 5) is 0. The summed E-state index contributed by atoms with van der Waals surface area (Å²) in [5.74, 6) is 0. The molecule has 4 heteroatoms. The van der Waals surface area contributed by atoms with E-state index < -0.39 is 11.7 Å². The molecule has 0 saturated carbocycles. The van der Waals surface area contributed by atoms with Crippen molar-refractivity contribution in [3.8, 4) is 11.1 Å². The Kier molecular flexibility index (Phi) is 2.59. The van der Waals surface area contributed by atoms with Crippen LogP contribution >= 0.6 is 0 Å². The van der Waals surface area contributed by atoms with E-state index in [1.54, 1.807) is 0 Å². The smallest absolute Gasteiger partial charge is 0.323 e. The van der Waals surface area contributed by atoms with Crippen molar-refractivity contribution < 1.29 is 13.2 Å². The van der Waals surface area contributed by atoms with Crippen LogP contribution < -0.4 is 0 Å². The van der Waals surface area contributed by atoms with Gasteiger partial charge < -0.3 is 4.40 Å². The van der Waals surface area contributed by atoms with Gasteiger partial charge in [-0.1, -0.05) is 18.2 Å². The molecule has 0 aliphatic rings. The Morgan fingerprint density at radius 1 is 0.842 bits per heavy atom. The third-order valence-electron chi connectivity index (χ3n) is 3.05. The van der Waals surface area contributed by atoms with Gasteiger partial charge in [0.25, 0.3) is 0 Å². The minimum atomic E-state index is -4.29. The van der Waals surface area contributed by atoms with Crippen LogP contribution in [0.15, 0.2) is 60.9 Å². The van der Waals surface area contributed by atoms with Crippen molar-refractivity contribution in [2.45, 2.75) is 6.18 Å². The molecule has 0 spiro atoms. The standard InChI is InChI=1S/C15H10F3N/c16-15(17,18)13-6-4-11(5-7-13)12-9-14-3-1-2-8-19(14)10-12/h1-10H. The summed E-state index contributed by atoms with van der Waals surface area (Å²) in [6.45, 7) is 0. The van der Waals surface area contributed by atoms with Crippen molar-refractivity contribution in [3.05, 3.63) is 66.5 Å². The lowest BCUT2D eigenvalue weighted by atomic mass is 10.1. The molecule has 0 fully saturated rings. The molecule has 96 valence electrons. The molecule has 0 saturated heterocycles. The first-order chi connectivity index (χ1) is 9.04. The van der Waals surface area contributed by atoms with E-state index in [1.165, 1.54) is 12.1 Å². The highest BCUT2D eigenvalue weighted by Crippen LogP contribution is 2.31. The Labute approximate surface area is 107 Å². The minimum absolute atomic E-state index is 0.625. The number of nitrogens with zero attached hydrogens (tertiary/aromatic N) is 1. The normalized spacial score (nSPS) is 11.9. The molecule has 3 aromatic rings. The zero-order valence-corrected chi connectivity index (χ0v) is 9.85. The van der Waals surface area contributed by atoms with Crippen LogP contribution in [0.25, 0.3) is 16.6 Å². The number of alkyl halides is 3. The van der Waals surface area contributed by atoms with Crippen molar-refractivity contribution in [1.82, 2.24) is 4.40 Å². The fourth-order valence-corrected chi connectivity index (χ4v) is 2.06. The van der Waals surface area contributed by atoms with Gasteiger partial charge in [-0.2, -0.15) is 13.2 Å². The summed E-state index contributed by atoms with van der Waals surface area (Å²) < 4.78 is 39.4. The van der Waals surface area contributed by atoms with Gasteiger partial charge in [0.05, 0.1) is 5.56 Å². The predicted octanol–water partition coefficient (Wildman–Crippen LogP) is 4.63. The van der Waals surface area contributed by atoms with Gasteiger partial charge in [-0.25, -0.2) is 0 Å². The van der Waals surface area contributed by atoms with E-state index in [9.17, 15) is 13.2 Å². The minimum Gasteiger partial charge on any atom is -0.323 e. The summed E-state index contributed by atoms with van der Waals surface area (Å²) in [6, 6.07) is 12.9. The molecule has 1 nitrogen and oxygen atoms in total. The average molecular weight is 261 g/mol. The van der Waals surface area contributed by atoms with Crippen molar-refractivity contribution in [2.24, 2.45) is 0 Å². The molecule has 1 aromatic carbocycles. The largest absolute Gasteiger partial charge is 0.416 e. The number of aromatic nitrogens is 1. The van der Waals surface area contributed by atoms with Gasteiger partial charge in [0, 0.05) is 23.5 Å². The fraction of sp³-hybridized carbons (Fsp3) is 0.0667. The molecule has 2 heterocycles. The van der Waals surface area contributed by atoms with E-state index >= 15 is 0 Å². The number of rotatable bonds is 1. The SMILES string of the molecule is FC(F)(F)c1ccc(-c2cc3ccccn3c2)cc1. The van der Waals surface area contributed by atoms with Crippen LogP contribution in [0.4, 0.5) is 13.2 Å². The zero-order valence-electron chi connectivity index (χ0n) is 9.85. The van der Waals surface area contributed by atoms with E-state index in [0.717, 1.165) is 28.8 Å². The highest BCUT2D eigenvalue weighted by molar-refractivity contribution is 5.70. The maximum Gasteiger partial charge on any atom is 0.416 e. The third-order valence-corrected chi connectivity index (χ3v) is 3.05. The van der Waals surface area contributed by atoms with Crippen LogP contribution in [0.5, 0.6) is 0 Å². The molecule has 0 N–H and O–H groups in total. The second kappa shape index (κ2) is 4.16. The van der Waals surface area contributed by atoms with Gasteiger partial charge in [-0.15, -0.1) is 0 Å². The average Bonchev–Trinajstić information content (AvgIpc) is 2.81. The van der Waals surface area contributed by atoms with Crippen LogP contribution in [0.3, 0.4) is 0 Å². The molecule has 0 radical (unpaired) electrons. The van der Waals surface area contributed by atoms with Crippen molar-refractivity contribution >= 4 is 5.52 Å². The summed E-state index contributed by atoms with van der Waals surface area (Å²) >= 11 is 0. The molecule has 0 atom stereocenters. The highest BCUT2D eigenvalue weighted by Gasteiger charge is 2.29. The quantitative estimate of drug-likeness (QED) is 0.601. The third kappa shape index (κ3) is 2.21. The number of halogens is 3. The second-order valence-corrected chi connectivity index (χ2v) is 4.34. The van der Waals surface area contributed by atoms with Gasteiger partial charge in [0.15, 0.2) is 0 Å². The molecule has 0 aliphatic carbocycles. The van der Waals surface area contributed by atoms with E-state index in [2.05, 4.69) is 0 Å². The molecule has 0 amide bonds. The molecular weight excluding hydrogens is 251 g/mol. The molecule has 0 bridgehead atoms. The molecule has 2 aromatic heterocycles. The van der Waals surface area contributed by atoms with E-state index in [-0.39, 0.29) is 0 Å². The lowest BCUT2D eigenvalue weighted by Crippen LogP contribution is -2.03. The van der Waals surface area contributed by atoms with E-state index in [4.69, 9.17) is 0 Å². The molecule has 19 heavy (non-hydrogen) atoms. The number of hydrogen-bond donors (Lipinski definition) is 0. The van der Waals surface area contributed by atoms with Crippen LogP contribution in [-0.2, 0) is 6.18 Å². The topological polar surface area (TPSA) is 4.41 Å². The lowest BCUT2D eigenvalue weighted by molar-refractivity contribution is -0.137. The van der Waals surface area contributed by atoms with E-state index in [0.29, 0.717) is 0 Å². The van der Waals surface area contributed by atoms with Crippen molar-refractivity contribution in [2.75, 3.05) is 0 Å². The summed E-state index contributed by atoms with van der Waals surface area (Å²) in [6.07, 6.45) is -0.481. The predicted molar refractivity (Wildman–Crippen MR) is 67.8 cm³/mol. The number of fused-ring (bicyclic) bond motifs is 1. The Morgan fingerprint density at radius 2 is 1.58 bits per heavy atom. The lowest BCUT2D eigenvalue weighted by Gasteiger charge is -2.06. The first-order valence-corrected chi connectivity index (χ1v) is 5.78. The summed E-state index contributed by atoms with van der Waals surface area (Å²) in [5, 5.41) is 0. The fourth-order valence-electron chi connectivity index (χ4n) is 2.06. The highest BCUT2D eigenvalue weighted by atomic mass is 19.4. The number of benzene rings is 1. The molecular formula is C15H10F3N. The Bertz CT molecular complexity index is 675. The van der Waals surface area contributed by atoms with Gasteiger partial charge >= 0.3 is 6.18 Å². The van der Waals surface area contributed by atoms with Crippen molar-refractivity contribution in [1.29, 1.82) is 0 Å². The monoisotopic (exact) mass is 261 g/mol. The maximum absolute atomic E-state index is 12.5. The maximum atomic E-state index is 12.5. The van der Waals surface area contributed by atoms with Crippen LogP contribution in [-0.4, -0.2) is 4.40 Å². The number of pyridine rings is 1. The van der Waals surface area contributed by atoms with Gasteiger partial charge in [0.2, 0.25) is 0 Å². The zero-order chi connectivity index (χ0) is 13.5. The van der Waals surface area contributed by atoms with Crippen LogP contribution in [0, 0.1) is 0 Å².